The Labute approximate surface area is 191 Å². The number of rotatable bonds is 6. The van der Waals surface area contributed by atoms with E-state index in [0.717, 1.165) is 22.6 Å². The van der Waals surface area contributed by atoms with E-state index >= 15 is 0 Å². The molecule has 1 aliphatic heterocycles. The van der Waals surface area contributed by atoms with Gasteiger partial charge >= 0.3 is 6.03 Å². The van der Waals surface area contributed by atoms with Gasteiger partial charge in [0.2, 0.25) is 5.91 Å². The molecule has 9 heteroatoms. The van der Waals surface area contributed by atoms with Gasteiger partial charge < -0.3 is 4.90 Å². The molecule has 33 heavy (non-hydrogen) atoms. The molecule has 1 aliphatic rings. The van der Waals surface area contributed by atoms with Crippen LogP contribution in [-0.4, -0.2) is 38.3 Å². The van der Waals surface area contributed by atoms with E-state index in [1.54, 1.807) is 17.0 Å². The Morgan fingerprint density at radius 2 is 1.58 bits per heavy atom. The van der Waals surface area contributed by atoms with Crippen molar-refractivity contribution in [3.8, 4) is 0 Å². The van der Waals surface area contributed by atoms with Gasteiger partial charge in [0.1, 0.15) is 17.3 Å². The van der Waals surface area contributed by atoms with Gasteiger partial charge in [-0.2, -0.15) is 4.31 Å². The predicted molar refractivity (Wildman–Crippen MR) is 123 cm³/mol. The van der Waals surface area contributed by atoms with Gasteiger partial charge in [0, 0.05) is 13.1 Å². The van der Waals surface area contributed by atoms with Crippen molar-refractivity contribution >= 4 is 33.3 Å². The van der Waals surface area contributed by atoms with Crippen LogP contribution in [0.25, 0.3) is 0 Å². The zero-order valence-electron chi connectivity index (χ0n) is 17.9. The molecule has 3 amide bonds. The first-order valence-corrected chi connectivity index (χ1v) is 11.8. The molecule has 0 bridgehead atoms. The molecule has 7 nitrogen and oxygen atoms in total. The monoisotopic (exact) mass is 467 g/mol. The lowest BCUT2D eigenvalue weighted by Gasteiger charge is -2.36. The maximum absolute atomic E-state index is 13.4. The minimum absolute atomic E-state index is 0.00927. The van der Waals surface area contributed by atoms with Crippen molar-refractivity contribution in [2.24, 2.45) is 0 Å². The number of benzene rings is 3. The number of para-hydroxylation sites is 1. The van der Waals surface area contributed by atoms with Crippen LogP contribution in [0, 0.1) is 5.82 Å². The lowest BCUT2D eigenvalue weighted by molar-refractivity contribution is -0.130. The molecule has 3 aromatic carbocycles. The van der Waals surface area contributed by atoms with E-state index in [4.69, 9.17) is 0 Å². The van der Waals surface area contributed by atoms with E-state index in [1.165, 1.54) is 24.3 Å². The van der Waals surface area contributed by atoms with E-state index < -0.39 is 21.9 Å². The van der Waals surface area contributed by atoms with Crippen molar-refractivity contribution < 1.29 is 22.4 Å². The number of hydrogen-bond donors (Lipinski definition) is 0. The third kappa shape index (κ3) is 4.31. The SMILES string of the molecule is CCN(Cc1ccccc1)C(=O)CN1C(=O)N(c2ccc(F)cc2)S(=O)(=O)c2ccccc21. The molecule has 0 N–H and O–H groups in total. The van der Waals surface area contributed by atoms with Gasteiger partial charge in [-0.05, 0) is 48.9 Å². The second-order valence-electron chi connectivity index (χ2n) is 7.48. The van der Waals surface area contributed by atoms with E-state index in [9.17, 15) is 22.4 Å². The summed E-state index contributed by atoms with van der Waals surface area (Å²) in [6.45, 7) is 2.27. The quantitative estimate of drug-likeness (QED) is 0.549. The Hall–Kier alpha value is -3.72. The molecule has 4 rings (SSSR count). The van der Waals surface area contributed by atoms with Crippen molar-refractivity contribution in [3.05, 3.63) is 90.2 Å². The summed E-state index contributed by atoms with van der Waals surface area (Å²) in [4.78, 5) is 29.2. The van der Waals surface area contributed by atoms with Crippen molar-refractivity contribution in [3.63, 3.8) is 0 Å². The number of halogens is 1. The van der Waals surface area contributed by atoms with Crippen LogP contribution < -0.4 is 9.21 Å². The molecule has 0 spiro atoms. The zero-order chi connectivity index (χ0) is 23.6. The fourth-order valence-electron chi connectivity index (χ4n) is 3.71. The second kappa shape index (κ2) is 9.03. The first-order chi connectivity index (χ1) is 15.8. The minimum atomic E-state index is -4.25. The van der Waals surface area contributed by atoms with E-state index in [-0.39, 0.29) is 28.7 Å². The van der Waals surface area contributed by atoms with Crippen LogP contribution in [0.3, 0.4) is 0 Å². The van der Waals surface area contributed by atoms with Gasteiger partial charge in [-0.25, -0.2) is 17.6 Å². The maximum Gasteiger partial charge on any atom is 0.343 e. The number of amides is 3. The van der Waals surface area contributed by atoms with Crippen molar-refractivity contribution in [1.29, 1.82) is 0 Å². The summed E-state index contributed by atoms with van der Waals surface area (Å²) in [7, 11) is -4.25. The number of likely N-dealkylation sites (N-methyl/N-ethyl adjacent to an activating group) is 1. The lowest BCUT2D eigenvalue weighted by atomic mass is 10.2. The van der Waals surface area contributed by atoms with Crippen LogP contribution in [0.1, 0.15) is 12.5 Å². The summed E-state index contributed by atoms with van der Waals surface area (Å²) in [5.41, 5.74) is 1.06. The highest BCUT2D eigenvalue weighted by Crippen LogP contribution is 2.37. The largest absolute Gasteiger partial charge is 0.343 e. The lowest BCUT2D eigenvalue weighted by Crippen LogP contribution is -2.54. The van der Waals surface area contributed by atoms with Crippen LogP contribution in [0.2, 0.25) is 0 Å². The molecular formula is C24H22FN3O4S. The van der Waals surface area contributed by atoms with Crippen LogP contribution in [-0.2, 0) is 21.4 Å². The fraction of sp³-hybridized carbons (Fsp3) is 0.167. The number of sulfonamides is 1. The number of carbonyl (C=O) groups is 2. The highest BCUT2D eigenvalue weighted by Gasteiger charge is 2.43. The summed E-state index contributed by atoms with van der Waals surface area (Å²) in [6, 6.07) is 19.2. The molecule has 0 unspecified atom stereocenters. The van der Waals surface area contributed by atoms with E-state index in [0.29, 0.717) is 17.4 Å². The summed E-state index contributed by atoms with van der Waals surface area (Å²) >= 11 is 0. The predicted octanol–water partition coefficient (Wildman–Crippen LogP) is 4.01. The zero-order valence-corrected chi connectivity index (χ0v) is 18.7. The third-order valence-electron chi connectivity index (χ3n) is 5.38. The van der Waals surface area contributed by atoms with Crippen LogP contribution in [0.5, 0.6) is 0 Å². The van der Waals surface area contributed by atoms with Crippen molar-refractivity contribution in [2.45, 2.75) is 18.4 Å². The number of hydrogen-bond acceptors (Lipinski definition) is 4. The summed E-state index contributed by atoms with van der Waals surface area (Å²) in [5.74, 6) is -0.893. The van der Waals surface area contributed by atoms with Crippen molar-refractivity contribution in [1.82, 2.24) is 4.90 Å². The number of fused-ring (bicyclic) bond motifs is 1. The highest BCUT2D eigenvalue weighted by atomic mass is 32.2. The molecule has 1 heterocycles. The number of urea groups is 1. The molecule has 0 saturated heterocycles. The van der Waals surface area contributed by atoms with Gasteiger partial charge in [-0.1, -0.05) is 42.5 Å². The molecular weight excluding hydrogens is 445 g/mol. The van der Waals surface area contributed by atoms with Crippen LogP contribution >= 0.6 is 0 Å². The molecule has 3 aromatic rings. The van der Waals surface area contributed by atoms with Gasteiger partial charge in [0.25, 0.3) is 10.0 Å². The molecule has 0 radical (unpaired) electrons. The minimum Gasteiger partial charge on any atom is -0.337 e. The first kappa shape index (κ1) is 22.5. The van der Waals surface area contributed by atoms with Crippen LogP contribution in [0.15, 0.2) is 83.8 Å². The maximum atomic E-state index is 13.4. The molecule has 0 atom stereocenters. The average molecular weight is 468 g/mol. The summed E-state index contributed by atoms with van der Waals surface area (Å²) < 4.78 is 40.5. The summed E-state index contributed by atoms with van der Waals surface area (Å²) in [5, 5.41) is 0. The molecule has 170 valence electrons. The van der Waals surface area contributed by atoms with Gasteiger partial charge in [-0.3, -0.25) is 9.69 Å². The van der Waals surface area contributed by atoms with Gasteiger partial charge in [0.05, 0.1) is 11.4 Å². The molecule has 0 saturated carbocycles. The number of carbonyl (C=O) groups excluding carboxylic acids is 2. The van der Waals surface area contributed by atoms with Gasteiger partial charge in [0.15, 0.2) is 0 Å². The Balaban J connectivity index is 1.70. The fourth-order valence-corrected chi connectivity index (χ4v) is 5.30. The van der Waals surface area contributed by atoms with E-state index in [1.807, 2.05) is 37.3 Å². The highest BCUT2D eigenvalue weighted by molar-refractivity contribution is 7.94. The smallest absolute Gasteiger partial charge is 0.337 e. The topological polar surface area (TPSA) is 78.0 Å². The Kier molecular flexibility index (Phi) is 6.15. The number of anilines is 2. The Morgan fingerprint density at radius 3 is 2.24 bits per heavy atom. The van der Waals surface area contributed by atoms with E-state index in [2.05, 4.69) is 0 Å². The molecule has 0 aromatic heterocycles. The number of nitrogens with zero attached hydrogens (tertiary/aromatic N) is 3. The second-order valence-corrected chi connectivity index (χ2v) is 9.23. The first-order valence-electron chi connectivity index (χ1n) is 10.4. The summed E-state index contributed by atoms with van der Waals surface area (Å²) in [6.07, 6.45) is 0. The van der Waals surface area contributed by atoms with Gasteiger partial charge in [-0.15, -0.1) is 0 Å². The molecule has 0 aliphatic carbocycles. The van der Waals surface area contributed by atoms with Crippen molar-refractivity contribution in [2.75, 3.05) is 22.3 Å². The average Bonchev–Trinajstić information content (AvgIpc) is 2.82. The third-order valence-corrected chi connectivity index (χ3v) is 7.13. The molecule has 0 fully saturated rings. The Morgan fingerprint density at radius 1 is 0.939 bits per heavy atom. The Bertz CT molecular complexity index is 1280. The standard InChI is InChI=1S/C24H22FN3O4S/c1-2-26(16-18-8-4-3-5-9-18)23(29)17-27-21-10-6-7-11-22(21)33(31,32)28(24(27)30)20-14-12-19(25)13-15-20/h3-15H,2,16-17H2,1H3. The normalized spacial score (nSPS) is 14.7. The van der Waals surface area contributed by atoms with Crippen LogP contribution in [0.4, 0.5) is 20.6 Å².